The maximum absolute atomic E-state index is 13.9. The zero-order valence-electron chi connectivity index (χ0n) is 24.7. The van der Waals surface area contributed by atoms with Crippen LogP contribution in [-0.4, -0.2) is 74.7 Å². The highest BCUT2D eigenvalue weighted by atomic mass is 16.4. The van der Waals surface area contributed by atoms with Crippen LogP contribution in [0.2, 0.25) is 0 Å². The highest BCUT2D eigenvalue weighted by Crippen LogP contribution is 2.21. The predicted octanol–water partition coefficient (Wildman–Crippen LogP) is -0.558. The molecule has 0 aliphatic rings. The minimum atomic E-state index is -1.46. The second-order valence-corrected chi connectivity index (χ2v) is 10.9. The fourth-order valence-corrected chi connectivity index (χ4v) is 5.14. The second kappa shape index (κ2) is 14.9. The Kier molecular flexibility index (Phi) is 10.7. The van der Waals surface area contributed by atoms with Gasteiger partial charge in [0.25, 0.3) is 0 Å². The van der Waals surface area contributed by atoms with Gasteiger partial charge in [-0.05, 0) is 29.7 Å². The highest BCUT2D eigenvalue weighted by molar-refractivity contribution is 5.96. The van der Waals surface area contributed by atoms with E-state index in [0.717, 1.165) is 21.8 Å². The first-order chi connectivity index (χ1) is 21.9. The molecule has 12 N–H and O–H groups in total. The summed E-state index contributed by atoms with van der Waals surface area (Å²) in [6.45, 7) is 0. The van der Waals surface area contributed by atoms with E-state index >= 15 is 0 Å². The van der Waals surface area contributed by atoms with Crippen LogP contribution < -0.4 is 33.2 Å². The topological polar surface area (TPSA) is 268 Å². The lowest BCUT2D eigenvalue weighted by Crippen LogP contribution is -2.58. The van der Waals surface area contributed by atoms with Crippen molar-refractivity contribution in [1.82, 2.24) is 25.9 Å². The standard InChI is InChI=1S/C31H36N8O7/c32-20(13-27(34)41)28(42)38-24(11-16-14-35-21-7-3-1-5-18(16)21)30(44)39-25(12-17-15-36-22-8-4-2-6-19(17)22)29(43)37-23(31(45)46)9-10-26(33)40/h1-8,14-15,20,23-25,35-36H,9-13,32H2,(H2,33,40)(H2,34,41)(H,37,43)(H,38,42)(H,39,44)(H,45,46). The van der Waals surface area contributed by atoms with E-state index in [4.69, 9.17) is 17.2 Å². The molecule has 0 fully saturated rings. The number of rotatable bonds is 16. The Morgan fingerprint density at radius 1 is 0.674 bits per heavy atom. The minimum absolute atomic E-state index is 0.0251. The van der Waals surface area contributed by atoms with Gasteiger partial charge < -0.3 is 48.2 Å². The van der Waals surface area contributed by atoms with Gasteiger partial charge in [0, 0.05) is 53.5 Å². The number of aromatic amines is 2. The number of carboxylic acids is 1. The zero-order chi connectivity index (χ0) is 33.4. The summed E-state index contributed by atoms with van der Waals surface area (Å²) in [6, 6.07) is 9.23. The number of hydrogen-bond acceptors (Lipinski definition) is 7. The molecule has 15 heteroatoms. The first kappa shape index (κ1) is 33.2. The summed E-state index contributed by atoms with van der Waals surface area (Å²) in [5, 5.41) is 18.9. The molecule has 4 atom stereocenters. The first-order valence-electron chi connectivity index (χ1n) is 14.5. The lowest BCUT2D eigenvalue weighted by molar-refractivity contribution is -0.142. The quantitative estimate of drug-likeness (QED) is 0.0771. The number of nitrogens with one attached hydrogen (secondary N) is 5. The Balaban J connectivity index is 1.64. The van der Waals surface area contributed by atoms with E-state index in [9.17, 15) is 33.9 Å². The van der Waals surface area contributed by atoms with E-state index in [1.807, 2.05) is 42.5 Å². The number of carbonyl (C=O) groups excluding carboxylic acids is 5. The SMILES string of the molecule is NC(=O)CCC(NC(=O)C(Cc1c[nH]c2ccccc12)NC(=O)C(Cc1c[nH]c2ccccc12)NC(=O)C(N)CC(N)=O)C(=O)O. The summed E-state index contributed by atoms with van der Waals surface area (Å²) in [5.41, 5.74) is 19.1. The third kappa shape index (κ3) is 8.47. The molecule has 0 saturated heterocycles. The zero-order valence-corrected chi connectivity index (χ0v) is 24.7. The second-order valence-electron chi connectivity index (χ2n) is 10.9. The van der Waals surface area contributed by atoms with Crippen molar-refractivity contribution in [2.75, 3.05) is 0 Å². The van der Waals surface area contributed by atoms with E-state index in [0.29, 0.717) is 11.1 Å². The third-order valence-electron chi connectivity index (χ3n) is 7.52. The molecule has 2 aromatic carbocycles. The van der Waals surface area contributed by atoms with Gasteiger partial charge in [0.1, 0.15) is 18.1 Å². The molecule has 4 rings (SSSR count). The molecule has 0 aliphatic carbocycles. The van der Waals surface area contributed by atoms with Crippen LogP contribution in [0.5, 0.6) is 0 Å². The summed E-state index contributed by atoms with van der Waals surface area (Å²) in [6.07, 6.45) is 2.27. The molecule has 0 bridgehead atoms. The monoisotopic (exact) mass is 632 g/mol. The number of carboxylic acid groups (broad SMARTS) is 1. The summed E-state index contributed by atoms with van der Waals surface area (Å²) in [7, 11) is 0. The number of benzene rings is 2. The summed E-state index contributed by atoms with van der Waals surface area (Å²) in [5.74, 6) is -5.35. The molecule has 5 amide bonds. The molecule has 242 valence electrons. The predicted molar refractivity (Wildman–Crippen MR) is 168 cm³/mol. The number of amides is 5. The van der Waals surface area contributed by atoms with Crippen LogP contribution in [0.3, 0.4) is 0 Å². The van der Waals surface area contributed by atoms with E-state index in [1.54, 1.807) is 18.5 Å². The summed E-state index contributed by atoms with van der Waals surface area (Å²) in [4.78, 5) is 81.2. The number of fused-ring (bicyclic) bond motifs is 2. The molecule has 0 radical (unpaired) electrons. The number of nitrogens with two attached hydrogens (primary N) is 3. The van der Waals surface area contributed by atoms with Crippen molar-refractivity contribution >= 4 is 57.3 Å². The Morgan fingerprint density at radius 2 is 1.13 bits per heavy atom. The minimum Gasteiger partial charge on any atom is -0.480 e. The van der Waals surface area contributed by atoms with Gasteiger partial charge in [0.15, 0.2) is 0 Å². The number of hydrogen-bond donors (Lipinski definition) is 9. The van der Waals surface area contributed by atoms with E-state index in [1.165, 1.54) is 0 Å². The number of aromatic nitrogens is 2. The van der Waals surface area contributed by atoms with Crippen molar-refractivity contribution in [2.24, 2.45) is 17.2 Å². The highest BCUT2D eigenvalue weighted by Gasteiger charge is 2.32. The van der Waals surface area contributed by atoms with Crippen LogP contribution in [-0.2, 0) is 41.6 Å². The molecule has 0 aliphatic heterocycles. The third-order valence-corrected chi connectivity index (χ3v) is 7.52. The summed E-state index contributed by atoms with van der Waals surface area (Å²) < 4.78 is 0. The van der Waals surface area contributed by atoms with Gasteiger partial charge >= 0.3 is 5.97 Å². The van der Waals surface area contributed by atoms with Crippen molar-refractivity contribution in [3.8, 4) is 0 Å². The molecular weight excluding hydrogens is 596 g/mol. The molecule has 2 heterocycles. The van der Waals surface area contributed by atoms with Crippen LogP contribution in [0.15, 0.2) is 60.9 Å². The smallest absolute Gasteiger partial charge is 0.326 e. The van der Waals surface area contributed by atoms with Crippen molar-refractivity contribution in [1.29, 1.82) is 0 Å². The van der Waals surface area contributed by atoms with Crippen LogP contribution in [0, 0.1) is 0 Å². The van der Waals surface area contributed by atoms with Crippen LogP contribution in [0.1, 0.15) is 30.4 Å². The Bertz CT molecular complexity index is 1760. The average Bonchev–Trinajstić information content (AvgIpc) is 3.61. The molecule has 15 nitrogen and oxygen atoms in total. The Labute approximate surface area is 262 Å². The maximum atomic E-state index is 13.9. The van der Waals surface area contributed by atoms with Gasteiger partial charge in [-0.3, -0.25) is 24.0 Å². The van der Waals surface area contributed by atoms with E-state index in [2.05, 4.69) is 25.9 Å². The van der Waals surface area contributed by atoms with Gasteiger partial charge in [-0.25, -0.2) is 4.79 Å². The normalized spacial score (nSPS) is 13.8. The summed E-state index contributed by atoms with van der Waals surface area (Å²) >= 11 is 0. The number of H-pyrrole nitrogens is 2. The van der Waals surface area contributed by atoms with Crippen molar-refractivity contribution in [3.63, 3.8) is 0 Å². The van der Waals surface area contributed by atoms with Crippen molar-refractivity contribution in [2.45, 2.75) is 56.3 Å². The molecule has 4 aromatic rings. The number of para-hydroxylation sites is 2. The van der Waals surface area contributed by atoms with Gasteiger partial charge in [-0.15, -0.1) is 0 Å². The number of carbonyl (C=O) groups is 6. The van der Waals surface area contributed by atoms with Crippen molar-refractivity contribution in [3.05, 3.63) is 72.1 Å². The van der Waals surface area contributed by atoms with E-state index in [-0.39, 0.29) is 25.7 Å². The lowest BCUT2D eigenvalue weighted by Gasteiger charge is -2.25. The molecule has 46 heavy (non-hydrogen) atoms. The van der Waals surface area contributed by atoms with Gasteiger partial charge in [0.2, 0.25) is 29.5 Å². The first-order valence-corrected chi connectivity index (χ1v) is 14.5. The van der Waals surface area contributed by atoms with Crippen LogP contribution in [0.4, 0.5) is 0 Å². The number of aliphatic carboxylic acids is 1. The molecule has 0 spiro atoms. The van der Waals surface area contributed by atoms with E-state index < -0.39 is 66.1 Å². The Hall–Kier alpha value is -5.70. The van der Waals surface area contributed by atoms with Crippen LogP contribution >= 0.6 is 0 Å². The van der Waals surface area contributed by atoms with Gasteiger partial charge in [-0.2, -0.15) is 0 Å². The lowest BCUT2D eigenvalue weighted by atomic mass is 10.0. The molecular formula is C31H36N8O7. The largest absolute Gasteiger partial charge is 0.480 e. The number of primary amides is 2. The van der Waals surface area contributed by atoms with Crippen molar-refractivity contribution < 1.29 is 33.9 Å². The van der Waals surface area contributed by atoms with Crippen LogP contribution in [0.25, 0.3) is 21.8 Å². The fourth-order valence-electron chi connectivity index (χ4n) is 5.14. The molecule has 0 saturated carbocycles. The average molecular weight is 633 g/mol. The molecule has 4 unspecified atom stereocenters. The Morgan fingerprint density at radius 3 is 1.59 bits per heavy atom. The maximum Gasteiger partial charge on any atom is 0.326 e. The van der Waals surface area contributed by atoms with Gasteiger partial charge in [0.05, 0.1) is 12.5 Å². The molecule has 2 aromatic heterocycles. The van der Waals surface area contributed by atoms with Gasteiger partial charge in [-0.1, -0.05) is 36.4 Å². The fraction of sp³-hybridized carbons (Fsp3) is 0.290.